The molecule has 7 nitrogen and oxygen atoms in total. The smallest absolute Gasteiger partial charge is 0.277 e. The van der Waals surface area contributed by atoms with Gasteiger partial charge in [0.25, 0.3) is 5.91 Å². The Hall–Kier alpha value is -1.89. The number of aryl methyl sites for hydroxylation is 2. The zero-order valence-corrected chi connectivity index (χ0v) is 12.7. The number of hydrazine groups is 1. The summed E-state index contributed by atoms with van der Waals surface area (Å²) in [7, 11) is 0. The van der Waals surface area contributed by atoms with Crippen molar-refractivity contribution in [3.8, 4) is 0 Å². The normalized spacial score (nSPS) is 14.8. The summed E-state index contributed by atoms with van der Waals surface area (Å²) in [4.78, 5) is 24.8. The summed E-state index contributed by atoms with van der Waals surface area (Å²) in [5.41, 5.74) is 0.991. The molecule has 0 unspecified atom stereocenters. The molecule has 116 valence electrons. The van der Waals surface area contributed by atoms with E-state index in [9.17, 15) is 9.59 Å². The van der Waals surface area contributed by atoms with Crippen molar-refractivity contribution in [2.45, 2.75) is 33.6 Å². The standard InChI is InChI=1S/C14H21N3O4/c1-4-20-9-6-12(18)16-7-5-8-17(16)14(19)13-10(2)15-21-11(13)3/h4-9H2,1-3H3. The molecule has 7 heteroatoms. The van der Waals surface area contributed by atoms with Crippen LogP contribution in [0.15, 0.2) is 4.52 Å². The van der Waals surface area contributed by atoms with Crippen LogP contribution in [0.25, 0.3) is 0 Å². The summed E-state index contributed by atoms with van der Waals surface area (Å²) in [6.45, 7) is 7.34. The van der Waals surface area contributed by atoms with E-state index in [1.54, 1.807) is 13.8 Å². The van der Waals surface area contributed by atoms with Gasteiger partial charge in [0.05, 0.1) is 18.7 Å². The van der Waals surface area contributed by atoms with Gasteiger partial charge in [-0.2, -0.15) is 0 Å². The van der Waals surface area contributed by atoms with E-state index >= 15 is 0 Å². The Morgan fingerprint density at radius 1 is 1.29 bits per heavy atom. The van der Waals surface area contributed by atoms with E-state index in [1.165, 1.54) is 10.0 Å². The topological polar surface area (TPSA) is 75.9 Å². The Labute approximate surface area is 123 Å². The van der Waals surface area contributed by atoms with E-state index in [4.69, 9.17) is 9.26 Å². The highest BCUT2D eigenvalue weighted by molar-refractivity contribution is 5.97. The van der Waals surface area contributed by atoms with Gasteiger partial charge in [0.15, 0.2) is 0 Å². The highest BCUT2D eigenvalue weighted by atomic mass is 16.5. The SMILES string of the molecule is CCOCCC(=O)N1CCCN1C(=O)c1c(C)noc1C. The average Bonchev–Trinajstić information content (AvgIpc) is 3.06. The number of rotatable bonds is 5. The minimum atomic E-state index is -0.228. The summed E-state index contributed by atoms with van der Waals surface area (Å²) in [6, 6.07) is 0. The van der Waals surface area contributed by atoms with Gasteiger partial charge in [-0.25, -0.2) is 5.01 Å². The molecule has 0 spiro atoms. The monoisotopic (exact) mass is 295 g/mol. The molecule has 1 aromatic heterocycles. The zero-order chi connectivity index (χ0) is 15.4. The van der Waals surface area contributed by atoms with Crippen LogP contribution in [0.2, 0.25) is 0 Å². The van der Waals surface area contributed by atoms with Crippen LogP contribution < -0.4 is 0 Å². The summed E-state index contributed by atoms with van der Waals surface area (Å²) in [6.07, 6.45) is 1.05. The maximum atomic E-state index is 12.6. The summed E-state index contributed by atoms with van der Waals surface area (Å²) >= 11 is 0. The number of aromatic nitrogens is 1. The molecular weight excluding hydrogens is 274 g/mol. The molecule has 2 heterocycles. The van der Waals surface area contributed by atoms with Gasteiger partial charge in [0.2, 0.25) is 5.91 Å². The van der Waals surface area contributed by atoms with Crippen molar-refractivity contribution in [2.75, 3.05) is 26.3 Å². The lowest BCUT2D eigenvalue weighted by Crippen LogP contribution is -2.45. The largest absolute Gasteiger partial charge is 0.381 e. The molecule has 0 atom stereocenters. The van der Waals surface area contributed by atoms with Crippen LogP contribution in [0.5, 0.6) is 0 Å². The molecule has 1 saturated heterocycles. The number of hydrogen-bond acceptors (Lipinski definition) is 5. The average molecular weight is 295 g/mol. The second kappa shape index (κ2) is 6.71. The maximum Gasteiger partial charge on any atom is 0.277 e. The van der Waals surface area contributed by atoms with Gasteiger partial charge in [-0.1, -0.05) is 5.16 Å². The number of carbonyl (C=O) groups excluding carboxylic acids is 2. The Kier molecular flexibility index (Phi) is 4.95. The molecule has 1 aliphatic rings. The van der Waals surface area contributed by atoms with E-state index in [0.717, 1.165) is 6.42 Å². The van der Waals surface area contributed by atoms with Crippen molar-refractivity contribution in [3.63, 3.8) is 0 Å². The van der Waals surface area contributed by atoms with Crippen LogP contribution in [-0.2, 0) is 9.53 Å². The third-order valence-electron chi connectivity index (χ3n) is 3.47. The summed E-state index contributed by atoms with van der Waals surface area (Å²) in [5.74, 6) is 0.153. The molecule has 0 saturated carbocycles. The van der Waals surface area contributed by atoms with E-state index in [-0.39, 0.29) is 18.2 Å². The first kappa shape index (κ1) is 15.5. The number of carbonyl (C=O) groups is 2. The lowest BCUT2D eigenvalue weighted by atomic mass is 10.2. The molecule has 0 radical (unpaired) electrons. The van der Waals surface area contributed by atoms with Gasteiger partial charge in [-0.05, 0) is 27.2 Å². The van der Waals surface area contributed by atoms with E-state index < -0.39 is 0 Å². The number of hydrogen-bond donors (Lipinski definition) is 0. The Morgan fingerprint density at radius 2 is 2.00 bits per heavy atom. The molecular formula is C14H21N3O4. The van der Waals surface area contributed by atoms with E-state index in [0.29, 0.717) is 43.3 Å². The molecule has 2 rings (SSSR count). The number of ether oxygens (including phenoxy) is 1. The number of amides is 2. The quantitative estimate of drug-likeness (QED) is 0.765. The van der Waals surface area contributed by atoms with Crippen LogP contribution >= 0.6 is 0 Å². The molecule has 0 aromatic carbocycles. The van der Waals surface area contributed by atoms with Crippen LogP contribution in [0, 0.1) is 13.8 Å². The van der Waals surface area contributed by atoms with Crippen LogP contribution in [0.1, 0.15) is 41.6 Å². The molecule has 0 bridgehead atoms. The van der Waals surface area contributed by atoms with Crippen LogP contribution in [0.3, 0.4) is 0 Å². The van der Waals surface area contributed by atoms with Crippen molar-refractivity contribution in [3.05, 3.63) is 17.0 Å². The molecule has 1 fully saturated rings. The predicted octanol–water partition coefficient (Wildman–Crippen LogP) is 1.31. The highest BCUT2D eigenvalue weighted by Crippen LogP contribution is 2.20. The van der Waals surface area contributed by atoms with Crippen molar-refractivity contribution in [1.82, 2.24) is 15.2 Å². The Morgan fingerprint density at radius 3 is 2.62 bits per heavy atom. The van der Waals surface area contributed by atoms with Crippen LogP contribution in [0.4, 0.5) is 0 Å². The van der Waals surface area contributed by atoms with Gasteiger partial charge in [-0.15, -0.1) is 0 Å². The maximum absolute atomic E-state index is 12.6. The molecule has 0 aliphatic carbocycles. The Bertz CT molecular complexity index is 507. The molecule has 21 heavy (non-hydrogen) atoms. The van der Waals surface area contributed by atoms with Crippen molar-refractivity contribution < 1.29 is 18.8 Å². The van der Waals surface area contributed by atoms with Crippen molar-refractivity contribution >= 4 is 11.8 Å². The second-order valence-electron chi connectivity index (χ2n) is 4.94. The lowest BCUT2D eigenvalue weighted by molar-refractivity contribution is -0.141. The number of nitrogens with zero attached hydrogens (tertiary/aromatic N) is 3. The molecule has 1 aliphatic heterocycles. The minimum Gasteiger partial charge on any atom is -0.381 e. The van der Waals surface area contributed by atoms with Crippen molar-refractivity contribution in [1.29, 1.82) is 0 Å². The lowest BCUT2D eigenvalue weighted by Gasteiger charge is -2.27. The first-order valence-electron chi connectivity index (χ1n) is 7.19. The summed E-state index contributed by atoms with van der Waals surface area (Å²) < 4.78 is 10.2. The molecule has 0 N–H and O–H groups in total. The zero-order valence-electron chi connectivity index (χ0n) is 12.7. The van der Waals surface area contributed by atoms with Gasteiger partial charge >= 0.3 is 0 Å². The van der Waals surface area contributed by atoms with E-state index in [1.807, 2.05) is 6.92 Å². The Balaban J connectivity index is 2.08. The van der Waals surface area contributed by atoms with Gasteiger partial charge in [0.1, 0.15) is 11.3 Å². The summed E-state index contributed by atoms with van der Waals surface area (Å²) in [5, 5.41) is 6.79. The fourth-order valence-electron chi connectivity index (χ4n) is 2.43. The van der Waals surface area contributed by atoms with Crippen molar-refractivity contribution in [2.24, 2.45) is 0 Å². The fraction of sp³-hybridized carbons (Fsp3) is 0.643. The van der Waals surface area contributed by atoms with Crippen LogP contribution in [-0.4, -0.2) is 53.3 Å². The molecule has 2 amide bonds. The van der Waals surface area contributed by atoms with Gasteiger partial charge in [0, 0.05) is 19.7 Å². The predicted molar refractivity (Wildman–Crippen MR) is 74.5 cm³/mol. The van der Waals surface area contributed by atoms with E-state index in [2.05, 4.69) is 5.16 Å². The van der Waals surface area contributed by atoms with Gasteiger partial charge < -0.3 is 9.26 Å². The third-order valence-corrected chi connectivity index (χ3v) is 3.47. The first-order chi connectivity index (χ1) is 10.1. The van der Waals surface area contributed by atoms with Gasteiger partial charge in [-0.3, -0.25) is 14.6 Å². The molecule has 1 aromatic rings. The minimum absolute atomic E-state index is 0.0962. The highest BCUT2D eigenvalue weighted by Gasteiger charge is 2.33. The third kappa shape index (κ3) is 3.24. The first-order valence-corrected chi connectivity index (χ1v) is 7.19. The second-order valence-corrected chi connectivity index (χ2v) is 4.94. The fourth-order valence-corrected chi connectivity index (χ4v) is 2.43.